The first-order valence-corrected chi connectivity index (χ1v) is 5.88. The molecule has 104 valence electrons. The fourth-order valence-corrected chi connectivity index (χ4v) is 1.71. The number of nitrogens with zero attached hydrogens (tertiary/aromatic N) is 2. The van der Waals surface area contributed by atoms with Crippen LogP contribution in [0.2, 0.25) is 0 Å². The molecular weight excluding hydrogens is 250 g/mol. The summed E-state index contributed by atoms with van der Waals surface area (Å²) >= 11 is 0. The van der Waals surface area contributed by atoms with Crippen molar-refractivity contribution in [3.63, 3.8) is 0 Å². The molecule has 0 bridgehead atoms. The number of aromatic nitrogens is 3. The number of aromatic amines is 1. The number of fused-ring (bicyclic) bond motifs is 1. The minimum atomic E-state index is -1.15. The molecule has 2 rings (SSSR count). The highest BCUT2D eigenvalue weighted by Crippen LogP contribution is 2.22. The maximum Gasteiger partial charge on any atom is 0.198 e. The average Bonchev–Trinajstić information content (AvgIpc) is 2.80. The maximum absolute atomic E-state index is 9.47. The SMILES string of the molecule is Nc1nc2c(CNC[C@@H](O)[C@H](O)CO)cnc-2c[nH]1. The molecule has 0 amide bonds. The Labute approximate surface area is 109 Å². The van der Waals surface area contributed by atoms with Gasteiger partial charge in [0.1, 0.15) is 17.5 Å². The molecule has 8 nitrogen and oxygen atoms in total. The van der Waals surface area contributed by atoms with Gasteiger partial charge >= 0.3 is 0 Å². The van der Waals surface area contributed by atoms with E-state index in [1.165, 1.54) is 0 Å². The second kappa shape index (κ2) is 5.93. The predicted molar refractivity (Wildman–Crippen MR) is 68.2 cm³/mol. The lowest BCUT2D eigenvalue weighted by Gasteiger charge is -2.15. The molecule has 7 N–H and O–H groups in total. The van der Waals surface area contributed by atoms with E-state index in [0.29, 0.717) is 23.9 Å². The Kier molecular flexibility index (Phi) is 4.27. The van der Waals surface area contributed by atoms with Gasteiger partial charge in [0.05, 0.1) is 12.7 Å². The summed E-state index contributed by atoms with van der Waals surface area (Å²) in [6, 6.07) is 0. The Balaban J connectivity index is 1.94. The Bertz CT molecular complexity index is 503. The second-order valence-electron chi connectivity index (χ2n) is 4.25. The van der Waals surface area contributed by atoms with E-state index in [1.54, 1.807) is 12.4 Å². The smallest absolute Gasteiger partial charge is 0.198 e. The lowest BCUT2D eigenvalue weighted by molar-refractivity contribution is -0.0129. The van der Waals surface area contributed by atoms with E-state index in [2.05, 4.69) is 20.3 Å². The molecule has 8 heteroatoms. The zero-order valence-corrected chi connectivity index (χ0v) is 10.2. The minimum absolute atomic E-state index is 0.156. The molecule has 2 aliphatic rings. The number of hydrogen-bond acceptors (Lipinski definition) is 7. The molecule has 2 heterocycles. The van der Waals surface area contributed by atoms with Crippen LogP contribution >= 0.6 is 0 Å². The number of rotatable bonds is 6. The van der Waals surface area contributed by atoms with Gasteiger partial charge in [0.2, 0.25) is 0 Å². The van der Waals surface area contributed by atoms with Gasteiger partial charge in [-0.25, -0.2) is 4.98 Å². The van der Waals surface area contributed by atoms with Crippen molar-refractivity contribution in [3.8, 4) is 11.4 Å². The number of nitrogens with one attached hydrogen (secondary N) is 2. The van der Waals surface area contributed by atoms with E-state index >= 15 is 0 Å². The highest BCUT2D eigenvalue weighted by molar-refractivity contribution is 5.61. The Morgan fingerprint density at radius 3 is 2.89 bits per heavy atom. The predicted octanol–water partition coefficient (Wildman–Crippen LogP) is -1.70. The van der Waals surface area contributed by atoms with Crippen LogP contribution in [0.15, 0.2) is 12.4 Å². The number of nitrogen functional groups attached to an aromatic ring is 1. The van der Waals surface area contributed by atoms with E-state index in [4.69, 9.17) is 10.8 Å². The van der Waals surface area contributed by atoms with Crippen molar-refractivity contribution in [1.29, 1.82) is 0 Å². The van der Waals surface area contributed by atoms with Crippen molar-refractivity contribution in [1.82, 2.24) is 20.3 Å². The van der Waals surface area contributed by atoms with Crippen LogP contribution in [-0.2, 0) is 6.54 Å². The zero-order valence-electron chi connectivity index (χ0n) is 10.2. The van der Waals surface area contributed by atoms with Gasteiger partial charge in [-0.05, 0) is 0 Å². The van der Waals surface area contributed by atoms with Crippen molar-refractivity contribution in [3.05, 3.63) is 18.0 Å². The first kappa shape index (κ1) is 13.7. The molecule has 0 unspecified atom stereocenters. The molecule has 19 heavy (non-hydrogen) atoms. The van der Waals surface area contributed by atoms with Gasteiger partial charge in [-0.15, -0.1) is 0 Å². The first-order valence-electron chi connectivity index (χ1n) is 5.88. The number of aliphatic hydroxyl groups is 3. The molecule has 2 aliphatic heterocycles. The fourth-order valence-electron chi connectivity index (χ4n) is 1.71. The van der Waals surface area contributed by atoms with Gasteiger partial charge in [0.15, 0.2) is 5.95 Å². The Hall–Kier alpha value is -1.74. The number of nitrogens with two attached hydrogens (primary N) is 1. The number of aliphatic hydroxyl groups excluding tert-OH is 3. The Morgan fingerprint density at radius 1 is 1.37 bits per heavy atom. The van der Waals surface area contributed by atoms with Crippen molar-refractivity contribution in [2.75, 3.05) is 18.9 Å². The summed E-state index contributed by atoms with van der Waals surface area (Å²) in [6.07, 6.45) is 1.18. The quantitative estimate of drug-likeness (QED) is 0.366. The fraction of sp³-hybridized carbons (Fsp3) is 0.455. The van der Waals surface area contributed by atoms with E-state index in [1.807, 2.05) is 0 Å². The van der Waals surface area contributed by atoms with Crippen molar-refractivity contribution in [2.24, 2.45) is 0 Å². The molecule has 0 saturated heterocycles. The highest BCUT2D eigenvalue weighted by atomic mass is 16.4. The third-order valence-electron chi connectivity index (χ3n) is 2.80. The average molecular weight is 267 g/mol. The third kappa shape index (κ3) is 3.18. The summed E-state index contributed by atoms with van der Waals surface area (Å²) in [7, 11) is 0. The Morgan fingerprint density at radius 2 is 2.16 bits per heavy atom. The largest absolute Gasteiger partial charge is 0.394 e. The van der Waals surface area contributed by atoms with Crippen molar-refractivity contribution >= 4 is 5.95 Å². The maximum atomic E-state index is 9.47. The van der Waals surface area contributed by atoms with Gasteiger partial charge in [0.25, 0.3) is 0 Å². The monoisotopic (exact) mass is 267 g/mol. The lowest BCUT2D eigenvalue weighted by atomic mass is 10.2. The molecule has 0 aromatic rings. The van der Waals surface area contributed by atoms with Gasteiger partial charge < -0.3 is 31.4 Å². The summed E-state index contributed by atoms with van der Waals surface area (Å²) < 4.78 is 0. The van der Waals surface area contributed by atoms with Gasteiger partial charge in [-0.3, -0.25) is 4.98 Å². The summed E-state index contributed by atoms with van der Waals surface area (Å²) in [6.45, 7) is 0.114. The van der Waals surface area contributed by atoms with Crippen LogP contribution < -0.4 is 11.1 Å². The van der Waals surface area contributed by atoms with Gasteiger partial charge in [-0.2, -0.15) is 0 Å². The normalized spacial score (nSPS) is 14.7. The number of H-pyrrole nitrogens is 1. The van der Waals surface area contributed by atoms with Crippen LogP contribution in [-0.4, -0.2) is 55.6 Å². The van der Waals surface area contributed by atoms with Crippen LogP contribution in [0.1, 0.15) is 5.56 Å². The molecule has 0 saturated carbocycles. The van der Waals surface area contributed by atoms with Crippen molar-refractivity contribution in [2.45, 2.75) is 18.8 Å². The summed E-state index contributed by atoms with van der Waals surface area (Å²) in [5.41, 5.74) is 7.82. The lowest BCUT2D eigenvalue weighted by Crippen LogP contribution is -2.38. The minimum Gasteiger partial charge on any atom is -0.394 e. The summed E-state index contributed by atoms with van der Waals surface area (Å²) in [5.74, 6) is 0.303. The van der Waals surface area contributed by atoms with E-state index in [-0.39, 0.29) is 6.54 Å². The molecule has 0 radical (unpaired) electrons. The van der Waals surface area contributed by atoms with E-state index < -0.39 is 18.8 Å². The second-order valence-corrected chi connectivity index (χ2v) is 4.25. The van der Waals surface area contributed by atoms with Crippen LogP contribution in [0.25, 0.3) is 11.4 Å². The molecule has 0 aliphatic carbocycles. The molecular formula is C11H17N5O3. The molecule has 0 fully saturated rings. The topological polar surface area (TPSA) is 140 Å². The molecule has 0 spiro atoms. The summed E-state index contributed by atoms with van der Waals surface area (Å²) in [5, 5.41) is 30.3. The summed E-state index contributed by atoms with van der Waals surface area (Å²) in [4.78, 5) is 11.1. The number of anilines is 1. The van der Waals surface area contributed by atoms with Gasteiger partial charge in [0, 0.05) is 31.0 Å². The molecule has 0 aromatic carbocycles. The zero-order chi connectivity index (χ0) is 13.8. The van der Waals surface area contributed by atoms with Crippen LogP contribution in [0, 0.1) is 0 Å². The van der Waals surface area contributed by atoms with Crippen molar-refractivity contribution < 1.29 is 15.3 Å². The number of hydrogen-bond donors (Lipinski definition) is 6. The highest BCUT2D eigenvalue weighted by Gasteiger charge is 2.16. The standard InChI is InChI=1S/C11H17N5O3/c12-11-15-3-7-10(16-11)6(2-14-7)1-13-4-8(18)9(19)5-17/h2-3,8-9,13,17-19H,1,4-5H2,(H3,12,15,16)/t8-,9-/m1/s1. The first-order chi connectivity index (χ1) is 9.11. The molecule has 0 aromatic heterocycles. The van der Waals surface area contributed by atoms with Crippen LogP contribution in [0.3, 0.4) is 0 Å². The third-order valence-corrected chi connectivity index (χ3v) is 2.80. The molecule has 2 atom stereocenters. The van der Waals surface area contributed by atoms with E-state index in [9.17, 15) is 10.2 Å². The van der Waals surface area contributed by atoms with Gasteiger partial charge in [-0.1, -0.05) is 0 Å². The van der Waals surface area contributed by atoms with E-state index in [0.717, 1.165) is 5.56 Å². The van der Waals surface area contributed by atoms with Crippen LogP contribution in [0.5, 0.6) is 0 Å². The van der Waals surface area contributed by atoms with Crippen LogP contribution in [0.4, 0.5) is 5.95 Å².